The summed E-state index contributed by atoms with van der Waals surface area (Å²) in [6.07, 6.45) is 3.47. The summed E-state index contributed by atoms with van der Waals surface area (Å²) in [5.74, 6) is 1.05. The first-order valence-corrected chi connectivity index (χ1v) is 8.07. The van der Waals surface area contributed by atoms with Crippen molar-refractivity contribution in [3.8, 4) is 6.07 Å². The molecule has 1 aromatic heterocycles. The minimum atomic E-state index is 0.691. The SMILES string of the molecule is CCCCCn1c(C#N)cc(N)c1N1CCN(CC)CC1. The third-order valence-corrected chi connectivity index (χ3v) is 4.32. The molecule has 0 aromatic carbocycles. The molecular formula is C16H27N5. The highest BCUT2D eigenvalue weighted by atomic mass is 15.3. The number of likely N-dealkylation sites (N-methyl/N-ethyl adjacent to an activating group) is 1. The van der Waals surface area contributed by atoms with Crippen LogP contribution >= 0.6 is 0 Å². The summed E-state index contributed by atoms with van der Waals surface area (Å²) in [6.45, 7) is 10.5. The van der Waals surface area contributed by atoms with Crippen LogP contribution in [0.15, 0.2) is 6.07 Å². The van der Waals surface area contributed by atoms with Crippen molar-refractivity contribution in [2.45, 2.75) is 39.7 Å². The van der Waals surface area contributed by atoms with E-state index in [1.807, 2.05) is 6.07 Å². The number of hydrogen-bond donors (Lipinski definition) is 1. The maximum Gasteiger partial charge on any atom is 0.133 e. The summed E-state index contributed by atoms with van der Waals surface area (Å²) in [5.41, 5.74) is 7.63. The van der Waals surface area contributed by atoms with Crippen molar-refractivity contribution in [1.29, 1.82) is 5.26 Å². The second kappa shape index (κ2) is 7.37. The largest absolute Gasteiger partial charge is 0.396 e. The van der Waals surface area contributed by atoms with Gasteiger partial charge in [0.2, 0.25) is 0 Å². The van der Waals surface area contributed by atoms with Crippen molar-refractivity contribution < 1.29 is 0 Å². The van der Waals surface area contributed by atoms with E-state index in [9.17, 15) is 5.26 Å². The van der Waals surface area contributed by atoms with Gasteiger partial charge in [0.05, 0.1) is 5.69 Å². The molecule has 5 heteroatoms. The Kier molecular flexibility index (Phi) is 5.51. The van der Waals surface area contributed by atoms with Crippen LogP contribution in [0.3, 0.4) is 0 Å². The smallest absolute Gasteiger partial charge is 0.133 e. The van der Waals surface area contributed by atoms with Crippen LogP contribution in [-0.4, -0.2) is 42.2 Å². The average Bonchev–Trinajstić information content (AvgIpc) is 2.83. The number of nitrogens with two attached hydrogens (primary N) is 1. The zero-order chi connectivity index (χ0) is 15.2. The molecule has 0 aliphatic carbocycles. The summed E-state index contributed by atoms with van der Waals surface area (Å²) in [6, 6.07) is 4.12. The first-order valence-electron chi connectivity index (χ1n) is 8.07. The lowest BCUT2D eigenvalue weighted by atomic mass is 10.2. The van der Waals surface area contributed by atoms with Crippen LogP contribution < -0.4 is 10.6 Å². The standard InChI is InChI=1S/C16H27N5/c1-3-5-6-7-21-14(13-17)12-15(18)16(21)20-10-8-19(4-2)9-11-20/h12H,3-11,18H2,1-2H3. The molecule has 2 heterocycles. The van der Waals surface area contributed by atoms with Crippen LogP contribution in [0.5, 0.6) is 0 Å². The molecule has 0 spiro atoms. The molecule has 0 unspecified atom stereocenters. The monoisotopic (exact) mass is 289 g/mol. The van der Waals surface area contributed by atoms with Crippen LogP contribution in [0.2, 0.25) is 0 Å². The zero-order valence-electron chi connectivity index (χ0n) is 13.3. The van der Waals surface area contributed by atoms with Gasteiger partial charge >= 0.3 is 0 Å². The number of nitrogen functional groups attached to an aromatic ring is 1. The van der Waals surface area contributed by atoms with Gasteiger partial charge in [0.25, 0.3) is 0 Å². The fourth-order valence-electron chi connectivity index (χ4n) is 3.03. The summed E-state index contributed by atoms with van der Waals surface area (Å²) in [5, 5.41) is 9.34. The molecule has 1 fully saturated rings. The normalized spacial score (nSPS) is 16.1. The van der Waals surface area contributed by atoms with Crippen molar-refractivity contribution in [2.24, 2.45) is 0 Å². The van der Waals surface area contributed by atoms with E-state index in [2.05, 4.69) is 34.3 Å². The molecule has 21 heavy (non-hydrogen) atoms. The maximum absolute atomic E-state index is 9.34. The Morgan fingerprint density at radius 3 is 2.48 bits per heavy atom. The number of piperazine rings is 1. The Labute approximate surface area is 127 Å². The van der Waals surface area contributed by atoms with E-state index in [0.29, 0.717) is 5.69 Å². The minimum absolute atomic E-state index is 0.691. The van der Waals surface area contributed by atoms with Gasteiger partial charge in [0.1, 0.15) is 17.6 Å². The molecular weight excluding hydrogens is 262 g/mol. The van der Waals surface area contributed by atoms with Gasteiger partial charge in [-0.2, -0.15) is 5.26 Å². The topological polar surface area (TPSA) is 61.2 Å². The van der Waals surface area contributed by atoms with E-state index in [-0.39, 0.29) is 0 Å². The van der Waals surface area contributed by atoms with Crippen LogP contribution in [0, 0.1) is 11.3 Å². The molecule has 0 radical (unpaired) electrons. The summed E-state index contributed by atoms with van der Waals surface area (Å²) < 4.78 is 2.12. The number of hydrogen-bond acceptors (Lipinski definition) is 4. The van der Waals surface area contributed by atoms with Gasteiger partial charge in [-0.1, -0.05) is 26.7 Å². The summed E-state index contributed by atoms with van der Waals surface area (Å²) in [7, 11) is 0. The molecule has 116 valence electrons. The van der Waals surface area contributed by atoms with E-state index in [1.165, 1.54) is 12.8 Å². The van der Waals surface area contributed by atoms with Gasteiger partial charge in [-0.05, 0) is 19.0 Å². The molecule has 0 amide bonds. The van der Waals surface area contributed by atoms with Crippen molar-refractivity contribution >= 4 is 11.5 Å². The van der Waals surface area contributed by atoms with Crippen molar-refractivity contribution in [3.05, 3.63) is 11.8 Å². The fraction of sp³-hybridized carbons (Fsp3) is 0.688. The quantitative estimate of drug-likeness (QED) is 0.816. The molecule has 2 N–H and O–H groups in total. The number of nitriles is 1. The molecule has 1 aliphatic heterocycles. The van der Waals surface area contributed by atoms with Crippen LogP contribution in [0.25, 0.3) is 0 Å². The second-order valence-electron chi connectivity index (χ2n) is 5.70. The lowest BCUT2D eigenvalue weighted by Crippen LogP contribution is -2.47. The van der Waals surface area contributed by atoms with Gasteiger partial charge in [-0.15, -0.1) is 0 Å². The third kappa shape index (κ3) is 3.51. The van der Waals surface area contributed by atoms with Crippen molar-refractivity contribution in [3.63, 3.8) is 0 Å². The number of aromatic nitrogens is 1. The third-order valence-electron chi connectivity index (χ3n) is 4.32. The Morgan fingerprint density at radius 2 is 1.90 bits per heavy atom. The van der Waals surface area contributed by atoms with E-state index in [4.69, 9.17) is 5.73 Å². The van der Waals surface area contributed by atoms with Crippen molar-refractivity contribution in [1.82, 2.24) is 9.47 Å². The number of anilines is 2. The Bertz CT molecular complexity index is 492. The minimum Gasteiger partial charge on any atom is -0.396 e. The molecule has 0 saturated carbocycles. The highest BCUT2D eigenvalue weighted by Gasteiger charge is 2.22. The number of nitrogens with zero attached hydrogens (tertiary/aromatic N) is 4. The fourth-order valence-corrected chi connectivity index (χ4v) is 3.03. The van der Waals surface area contributed by atoms with Gasteiger partial charge in [-0.25, -0.2) is 0 Å². The highest BCUT2D eigenvalue weighted by molar-refractivity contribution is 5.68. The molecule has 1 saturated heterocycles. The van der Waals surface area contributed by atoms with Gasteiger partial charge in [0, 0.05) is 32.7 Å². The lowest BCUT2D eigenvalue weighted by molar-refractivity contribution is 0.270. The van der Waals surface area contributed by atoms with Crippen LogP contribution in [0.4, 0.5) is 11.5 Å². The zero-order valence-corrected chi connectivity index (χ0v) is 13.3. The Morgan fingerprint density at radius 1 is 1.19 bits per heavy atom. The maximum atomic E-state index is 9.34. The predicted molar refractivity (Wildman–Crippen MR) is 87.4 cm³/mol. The molecule has 1 aromatic rings. The first kappa shape index (κ1) is 15.7. The predicted octanol–water partition coefficient (Wildman–Crippen LogP) is 2.27. The Balaban J connectivity index is 2.18. The summed E-state index contributed by atoms with van der Waals surface area (Å²) in [4.78, 5) is 4.79. The van der Waals surface area contributed by atoms with Crippen molar-refractivity contribution in [2.75, 3.05) is 43.4 Å². The van der Waals surface area contributed by atoms with E-state index in [1.54, 1.807) is 0 Å². The average molecular weight is 289 g/mol. The van der Waals surface area contributed by atoms with E-state index >= 15 is 0 Å². The molecule has 5 nitrogen and oxygen atoms in total. The van der Waals surface area contributed by atoms with Crippen LogP contribution in [0.1, 0.15) is 38.8 Å². The lowest BCUT2D eigenvalue weighted by Gasteiger charge is -2.36. The van der Waals surface area contributed by atoms with Gasteiger partial charge in [0.15, 0.2) is 0 Å². The van der Waals surface area contributed by atoms with E-state index in [0.717, 1.165) is 57.2 Å². The van der Waals surface area contributed by atoms with Gasteiger partial charge in [-0.3, -0.25) is 0 Å². The number of rotatable bonds is 6. The second-order valence-corrected chi connectivity index (χ2v) is 5.70. The van der Waals surface area contributed by atoms with Crippen LogP contribution in [-0.2, 0) is 6.54 Å². The number of unbranched alkanes of at least 4 members (excludes halogenated alkanes) is 2. The Hall–Kier alpha value is -1.67. The molecule has 0 bridgehead atoms. The summed E-state index contributed by atoms with van der Waals surface area (Å²) >= 11 is 0. The molecule has 1 aliphatic rings. The van der Waals surface area contributed by atoms with E-state index < -0.39 is 0 Å². The first-order chi connectivity index (χ1) is 10.2. The molecule has 2 rings (SSSR count). The molecule has 0 atom stereocenters. The van der Waals surface area contributed by atoms with Gasteiger partial charge < -0.3 is 20.1 Å². The highest BCUT2D eigenvalue weighted by Crippen LogP contribution is 2.29.